The quantitative estimate of drug-likeness (QED) is 0.709. The second-order valence-corrected chi connectivity index (χ2v) is 6.96. The Kier molecular flexibility index (Phi) is 6.13. The lowest BCUT2D eigenvalue weighted by molar-refractivity contribution is 0.0159. The smallest absolute Gasteiger partial charge is 0.238 e. The summed E-state index contributed by atoms with van der Waals surface area (Å²) < 4.78 is 27.6. The highest BCUT2D eigenvalue weighted by atomic mass is 32.2. The van der Waals surface area contributed by atoms with Gasteiger partial charge in [0.05, 0.1) is 10.5 Å². The van der Waals surface area contributed by atoms with Crippen LogP contribution >= 0.6 is 0 Å². The van der Waals surface area contributed by atoms with Crippen molar-refractivity contribution in [1.29, 1.82) is 0 Å². The van der Waals surface area contributed by atoms with E-state index in [0.717, 1.165) is 31.5 Å². The standard InChI is InChI=1S/C14H24N2O3S/c1-14(2,19-3)9-11-16-10-8-12-4-6-13(7-5-12)20(15,17)18/h4-7,16H,8-11H2,1-3H3,(H2,15,17,18). The van der Waals surface area contributed by atoms with E-state index in [2.05, 4.69) is 19.2 Å². The predicted octanol–water partition coefficient (Wildman–Crippen LogP) is 1.28. The number of benzene rings is 1. The van der Waals surface area contributed by atoms with Crippen LogP contribution in [0.5, 0.6) is 0 Å². The van der Waals surface area contributed by atoms with Crippen LogP contribution in [-0.4, -0.2) is 34.2 Å². The molecule has 20 heavy (non-hydrogen) atoms. The van der Waals surface area contributed by atoms with Gasteiger partial charge in [0.2, 0.25) is 10.0 Å². The van der Waals surface area contributed by atoms with Gasteiger partial charge in [0.15, 0.2) is 0 Å². The molecule has 6 heteroatoms. The van der Waals surface area contributed by atoms with Crippen molar-refractivity contribution in [3.8, 4) is 0 Å². The molecule has 1 aromatic carbocycles. The first-order valence-corrected chi connectivity index (χ1v) is 8.17. The van der Waals surface area contributed by atoms with Gasteiger partial charge in [-0.2, -0.15) is 0 Å². The molecule has 0 aliphatic rings. The fourth-order valence-electron chi connectivity index (χ4n) is 1.70. The van der Waals surface area contributed by atoms with Crippen molar-refractivity contribution in [3.05, 3.63) is 29.8 Å². The monoisotopic (exact) mass is 300 g/mol. The summed E-state index contributed by atoms with van der Waals surface area (Å²) in [4.78, 5) is 0.149. The zero-order valence-corrected chi connectivity index (χ0v) is 13.2. The van der Waals surface area contributed by atoms with Gasteiger partial charge in [-0.05, 0) is 57.5 Å². The first-order valence-electron chi connectivity index (χ1n) is 6.62. The van der Waals surface area contributed by atoms with Crippen molar-refractivity contribution in [3.63, 3.8) is 0 Å². The molecule has 0 radical (unpaired) electrons. The Labute approximate surface area is 121 Å². The zero-order chi connectivity index (χ0) is 15.2. The fourth-order valence-corrected chi connectivity index (χ4v) is 2.21. The lowest BCUT2D eigenvalue weighted by atomic mass is 10.1. The van der Waals surface area contributed by atoms with E-state index in [4.69, 9.17) is 9.88 Å². The molecule has 0 atom stereocenters. The van der Waals surface area contributed by atoms with E-state index in [-0.39, 0.29) is 10.5 Å². The van der Waals surface area contributed by atoms with Crippen molar-refractivity contribution in [2.24, 2.45) is 5.14 Å². The lowest BCUT2D eigenvalue weighted by Gasteiger charge is -2.22. The number of ether oxygens (including phenoxy) is 1. The molecule has 114 valence electrons. The van der Waals surface area contributed by atoms with E-state index < -0.39 is 10.0 Å². The molecular weight excluding hydrogens is 276 g/mol. The van der Waals surface area contributed by atoms with Crippen LogP contribution in [0.3, 0.4) is 0 Å². The zero-order valence-electron chi connectivity index (χ0n) is 12.3. The van der Waals surface area contributed by atoms with Crippen LogP contribution in [0.1, 0.15) is 25.8 Å². The Morgan fingerprint density at radius 3 is 2.30 bits per heavy atom. The third-order valence-corrected chi connectivity index (χ3v) is 4.23. The van der Waals surface area contributed by atoms with Crippen molar-refractivity contribution in [2.75, 3.05) is 20.2 Å². The number of nitrogens with two attached hydrogens (primary N) is 1. The third kappa shape index (κ3) is 6.00. The Morgan fingerprint density at radius 1 is 1.20 bits per heavy atom. The van der Waals surface area contributed by atoms with E-state index in [1.54, 1.807) is 31.4 Å². The highest BCUT2D eigenvalue weighted by molar-refractivity contribution is 7.89. The van der Waals surface area contributed by atoms with Crippen LogP contribution in [0.4, 0.5) is 0 Å². The maximum atomic E-state index is 11.1. The van der Waals surface area contributed by atoms with Gasteiger partial charge in [0, 0.05) is 7.11 Å². The molecule has 5 nitrogen and oxygen atoms in total. The summed E-state index contributed by atoms with van der Waals surface area (Å²) in [6, 6.07) is 6.67. The van der Waals surface area contributed by atoms with Gasteiger partial charge in [-0.15, -0.1) is 0 Å². The van der Waals surface area contributed by atoms with Crippen LogP contribution in [0.15, 0.2) is 29.2 Å². The minimum atomic E-state index is -3.60. The summed E-state index contributed by atoms with van der Waals surface area (Å²) in [6.07, 6.45) is 1.78. The molecule has 0 aliphatic carbocycles. The average Bonchev–Trinajstić information content (AvgIpc) is 2.38. The molecular formula is C14H24N2O3S. The Morgan fingerprint density at radius 2 is 1.80 bits per heavy atom. The van der Waals surface area contributed by atoms with E-state index in [9.17, 15) is 8.42 Å². The third-order valence-electron chi connectivity index (χ3n) is 3.30. The highest BCUT2D eigenvalue weighted by Crippen LogP contribution is 2.11. The Balaban J connectivity index is 2.33. The van der Waals surface area contributed by atoms with Gasteiger partial charge in [-0.1, -0.05) is 12.1 Å². The molecule has 0 amide bonds. The van der Waals surface area contributed by atoms with Crippen molar-refractivity contribution in [2.45, 2.75) is 37.2 Å². The minimum absolute atomic E-state index is 0.107. The summed E-state index contributed by atoms with van der Waals surface area (Å²) in [5, 5.41) is 8.39. The van der Waals surface area contributed by atoms with Gasteiger partial charge in [0.25, 0.3) is 0 Å². The average molecular weight is 300 g/mol. The lowest BCUT2D eigenvalue weighted by Crippen LogP contribution is -2.29. The number of sulfonamides is 1. The number of nitrogens with one attached hydrogen (secondary N) is 1. The van der Waals surface area contributed by atoms with Crippen LogP contribution in [0.25, 0.3) is 0 Å². The first-order chi connectivity index (χ1) is 9.24. The molecule has 0 unspecified atom stereocenters. The topological polar surface area (TPSA) is 81.4 Å². The summed E-state index contributed by atoms with van der Waals surface area (Å²) >= 11 is 0. The summed E-state index contributed by atoms with van der Waals surface area (Å²) in [5.74, 6) is 0. The van der Waals surface area contributed by atoms with E-state index >= 15 is 0 Å². The minimum Gasteiger partial charge on any atom is -0.379 e. The van der Waals surface area contributed by atoms with Gasteiger partial charge in [-0.25, -0.2) is 13.6 Å². The second-order valence-electron chi connectivity index (χ2n) is 5.40. The predicted molar refractivity (Wildman–Crippen MR) is 80.1 cm³/mol. The van der Waals surface area contributed by atoms with Crippen molar-refractivity contribution in [1.82, 2.24) is 5.32 Å². The number of methoxy groups -OCH3 is 1. The van der Waals surface area contributed by atoms with E-state index in [1.807, 2.05) is 0 Å². The number of hydrogen-bond donors (Lipinski definition) is 2. The van der Waals surface area contributed by atoms with Crippen molar-refractivity contribution < 1.29 is 13.2 Å². The molecule has 1 rings (SSSR count). The Hall–Kier alpha value is -0.950. The molecule has 0 spiro atoms. The first kappa shape index (κ1) is 17.1. The largest absolute Gasteiger partial charge is 0.379 e. The Bertz CT molecular complexity index is 510. The fraction of sp³-hybridized carbons (Fsp3) is 0.571. The van der Waals surface area contributed by atoms with Crippen LogP contribution in [0.2, 0.25) is 0 Å². The number of hydrogen-bond acceptors (Lipinski definition) is 4. The highest BCUT2D eigenvalue weighted by Gasteiger charge is 2.14. The maximum Gasteiger partial charge on any atom is 0.238 e. The summed E-state index contributed by atoms with van der Waals surface area (Å²) in [7, 11) is -1.88. The van der Waals surface area contributed by atoms with Crippen LogP contribution < -0.4 is 10.5 Å². The molecule has 3 N–H and O–H groups in total. The SMILES string of the molecule is COC(C)(C)CCNCCc1ccc(S(N)(=O)=O)cc1. The second kappa shape index (κ2) is 7.17. The van der Waals surface area contributed by atoms with Crippen molar-refractivity contribution >= 4 is 10.0 Å². The van der Waals surface area contributed by atoms with Crippen LogP contribution in [0, 0.1) is 0 Å². The molecule has 1 aromatic rings. The number of rotatable bonds is 8. The molecule has 0 heterocycles. The molecule has 0 saturated carbocycles. The normalized spacial score (nSPS) is 12.6. The summed E-state index contributed by atoms with van der Waals surface area (Å²) in [6.45, 7) is 5.84. The van der Waals surface area contributed by atoms with Gasteiger partial charge >= 0.3 is 0 Å². The molecule has 0 fully saturated rings. The van der Waals surface area contributed by atoms with E-state index in [1.165, 1.54) is 0 Å². The summed E-state index contributed by atoms with van der Waals surface area (Å²) in [5.41, 5.74) is 0.973. The molecule has 0 saturated heterocycles. The van der Waals surface area contributed by atoms with E-state index in [0.29, 0.717) is 0 Å². The van der Waals surface area contributed by atoms with Gasteiger partial charge < -0.3 is 10.1 Å². The van der Waals surface area contributed by atoms with Crippen LogP contribution in [-0.2, 0) is 21.2 Å². The molecule has 0 aromatic heterocycles. The maximum absolute atomic E-state index is 11.1. The van der Waals surface area contributed by atoms with Gasteiger partial charge in [-0.3, -0.25) is 0 Å². The van der Waals surface area contributed by atoms with Gasteiger partial charge in [0.1, 0.15) is 0 Å². The number of primary sulfonamides is 1. The molecule has 0 aliphatic heterocycles. The molecule has 0 bridgehead atoms.